The van der Waals surface area contributed by atoms with Crippen molar-refractivity contribution >= 4 is 22.9 Å². The van der Waals surface area contributed by atoms with E-state index in [0.717, 1.165) is 29.0 Å². The number of fused-ring (bicyclic) bond motifs is 2. The molecule has 0 aliphatic carbocycles. The normalized spacial score (nSPS) is 13.7. The summed E-state index contributed by atoms with van der Waals surface area (Å²) >= 11 is 0. The first-order valence-corrected chi connectivity index (χ1v) is 11.0. The lowest BCUT2D eigenvalue weighted by atomic mass is 10.0. The SMILES string of the molecule is CN(Cc1ccc(C#N)cc1)c1cc2c(cc1NC(=O)c1cnn3cccnc13)CC(C)(C)O2. The molecule has 0 bridgehead atoms. The van der Waals surface area contributed by atoms with Gasteiger partial charge in [-0.1, -0.05) is 12.1 Å². The van der Waals surface area contributed by atoms with Crippen molar-refractivity contribution in [3.8, 4) is 11.8 Å². The molecule has 1 aliphatic heterocycles. The fourth-order valence-electron chi connectivity index (χ4n) is 4.28. The Morgan fingerprint density at radius 3 is 2.85 bits per heavy atom. The van der Waals surface area contributed by atoms with E-state index in [4.69, 9.17) is 10.00 Å². The maximum atomic E-state index is 13.2. The first-order chi connectivity index (χ1) is 16.3. The molecule has 1 amide bonds. The molecule has 0 saturated carbocycles. The van der Waals surface area contributed by atoms with E-state index in [2.05, 4.69) is 40.2 Å². The van der Waals surface area contributed by atoms with Gasteiger partial charge in [-0.3, -0.25) is 4.79 Å². The minimum Gasteiger partial charge on any atom is -0.487 e. The van der Waals surface area contributed by atoms with Crippen molar-refractivity contribution in [3.05, 3.63) is 83.3 Å². The van der Waals surface area contributed by atoms with E-state index < -0.39 is 0 Å². The topological polar surface area (TPSA) is 95.6 Å². The molecular formula is C26H24N6O2. The van der Waals surface area contributed by atoms with Crippen LogP contribution in [0, 0.1) is 11.3 Å². The Bertz CT molecular complexity index is 1430. The van der Waals surface area contributed by atoms with Crippen LogP contribution in [0.4, 0.5) is 11.4 Å². The summed E-state index contributed by atoms with van der Waals surface area (Å²) in [6, 6.07) is 15.4. The highest BCUT2D eigenvalue weighted by Gasteiger charge is 2.32. The van der Waals surface area contributed by atoms with Gasteiger partial charge in [0.2, 0.25) is 0 Å². The first kappa shape index (κ1) is 21.5. The summed E-state index contributed by atoms with van der Waals surface area (Å²) in [7, 11) is 1.96. The average Bonchev–Trinajstić information content (AvgIpc) is 3.38. The summed E-state index contributed by atoms with van der Waals surface area (Å²) in [6.45, 7) is 4.70. The number of benzene rings is 2. The fourth-order valence-corrected chi connectivity index (χ4v) is 4.28. The molecule has 2 aromatic carbocycles. The highest BCUT2D eigenvalue weighted by molar-refractivity contribution is 6.09. The van der Waals surface area contributed by atoms with Crippen molar-refractivity contribution < 1.29 is 9.53 Å². The highest BCUT2D eigenvalue weighted by atomic mass is 16.5. The molecule has 0 radical (unpaired) electrons. The van der Waals surface area contributed by atoms with Gasteiger partial charge in [0, 0.05) is 44.0 Å². The van der Waals surface area contributed by atoms with Gasteiger partial charge in [0.15, 0.2) is 5.65 Å². The molecule has 0 spiro atoms. The summed E-state index contributed by atoms with van der Waals surface area (Å²) < 4.78 is 7.73. The number of carbonyl (C=O) groups is 1. The van der Waals surface area contributed by atoms with Gasteiger partial charge >= 0.3 is 0 Å². The number of carbonyl (C=O) groups excluding carboxylic acids is 1. The number of nitrogens with zero attached hydrogens (tertiary/aromatic N) is 5. The highest BCUT2D eigenvalue weighted by Crippen LogP contribution is 2.41. The number of hydrogen-bond acceptors (Lipinski definition) is 6. The van der Waals surface area contributed by atoms with Crippen LogP contribution in [0.25, 0.3) is 5.65 Å². The van der Waals surface area contributed by atoms with Crippen molar-refractivity contribution in [2.75, 3.05) is 17.3 Å². The Hall–Kier alpha value is -4.38. The van der Waals surface area contributed by atoms with E-state index in [-0.39, 0.29) is 11.5 Å². The van der Waals surface area contributed by atoms with Crippen molar-refractivity contribution in [2.24, 2.45) is 0 Å². The van der Waals surface area contributed by atoms with Crippen LogP contribution in [-0.2, 0) is 13.0 Å². The number of nitriles is 1. The number of amides is 1. The van der Waals surface area contributed by atoms with Crippen LogP contribution in [0.2, 0.25) is 0 Å². The minimum absolute atomic E-state index is 0.278. The quantitative estimate of drug-likeness (QED) is 0.488. The molecule has 0 fully saturated rings. The second-order valence-electron chi connectivity index (χ2n) is 9.08. The van der Waals surface area contributed by atoms with Crippen LogP contribution in [-0.4, -0.2) is 33.2 Å². The lowest BCUT2D eigenvalue weighted by molar-refractivity contribution is 0.102. The van der Waals surface area contributed by atoms with E-state index in [1.54, 1.807) is 35.1 Å². The molecule has 3 heterocycles. The summed E-state index contributed by atoms with van der Waals surface area (Å²) in [6.07, 6.45) is 5.67. The molecule has 34 heavy (non-hydrogen) atoms. The molecule has 0 saturated heterocycles. The predicted molar refractivity (Wildman–Crippen MR) is 129 cm³/mol. The first-order valence-electron chi connectivity index (χ1n) is 11.0. The summed E-state index contributed by atoms with van der Waals surface area (Å²) in [5, 5.41) is 16.4. The van der Waals surface area contributed by atoms with Gasteiger partial charge in [-0.15, -0.1) is 0 Å². The molecule has 0 atom stereocenters. The molecule has 1 aliphatic rings. The van der Waals surface area contributed by atoms with E-state index >= 15 is 0 Å². The number of anilines is 2. The molecule has 5 rings (SSSR count). The number of nitrogens with one attached hydrogen (secondary N) is 1. The molecular weight excluding hydrogens is 428 g/mol. The predicted octanol–water partition coefficient (Wildman–Crippen LogP) is 4.20. The maximum Gasteiger partial charge on any atom is 0.261 e. The van der Waals surface area contributed by atoms with Gasteiger partial charge in [0.05, 0.1) is 29.2 Å². The van der Waals surface area contributed by atoms with E-state index in [0.29, 0.717) is 29.0 Å². The third-order valence-electron chi connectivity index (χ3n) is 5.87. The van der Waals surface area contributed by atoms with E-state index in [9.17, 15) is 4.79 Å². The Morgan fingerprint density at radius 1 is 1.29 bits per heavy atom. The molecule has 2 aromatic heterocycles. The van der Waals surface area contributed by atoms with Gasteiger partial charge in [-0.2, -0.15) is 10.4 Å². The average molecular weight is 453 g/mol. The molecule has 0 unspecified atom stereocenters. The summed E-state index contributed by atoms with van der Waals surface area (Å²) in [5.41, 5.74) is 4.84. The lowest BCUT2D eigenvalue weighted by Crippen LogP contribution is -2.24. The van der Waals surface area contributed by atoms with E-state index in [1.807, 2.05) is 31.3 Å². The third-order valence-corrected chi connectivity index (χ3v) is 5.87. The van der Waals surface area contributed by atoms with Gasteiger partial charge in [0.25, 0.3) is 5.91 Å². The van der Waals surface area contributed by atoms with Crippen molar-refractivity contribution in [1.29, 1.82) is 5.26 Å². The second-order valence-corrected chi connectivity index (χ2v) is 9.08. The van der Waals surface area contributed by atoms with Gasteiger partial charge in [0.1, 0.15) is 16.9 Å². The largest absolute Gasteiger partial charge is 0.487 e. The van der Waals surface area contributed by atoms with Crippen molar-refractivity contribution in [1.82, 2.24) is 14.6 Å². The zero-order chi connectivity index (χ0) is 23.9. The maximum absolute atomic E-state index is 13.2. The Labute approximate surface area is 197 Å². The smallest absolute Gasteiger partial charge is 0.261 e. The Balaban J connectivity index is 1.49. The molecule has 4 aromatic rings. The third kappa shape index (κ3) is 4.04. The van der Waals surface area contributed by atoms with E-state index in [1.165, 1.54) is 6.20 Å². The van der Waals surface area contributed by atoms with Gasteiger partial charge in [-0.05, 0) is 43.7 Å². The summed E-state index contributed by atoms with van der Waals surface area (Å²) in [4.78, 5) is 19.6. The number of aromatic nitrogens is 3. The molecule has 1 N–H and O–H groups in total. The molecule has 8 heteroatoms. The van der Waals surface area contributed by atoms with Crippen LogP contribution in [0.3, 0.4) is 0 Å². The van der Waals surface area contributed by atoms with Crippen molar-refractivity contribution in [2.45, 2.75) is 32.4 Å². The van der Waals surface area contributed by atoms with Crippen LogP contribution < -0.4 is 15.0 Å². The zero-order valence-electron chi connectivity index (χ0n) is 19.2. The number of ether oxygens (including phenoxy) is 1. The van der Waals surface area contributed by atoms with Gasteiger partial charge < -0.3 is 15.0 Å². The van der Waals surface area contributed by atoms with Crippen molar-refractivity contribution in [3.63, 3.8) is 0 Å². The van der Waals surface area contributed by atoms with Gasteiger partial charge in [-0.25, -0.2) is 9.50 Å². The fraction of sp³-hybridized carbons (Fsp3) is 0.231. The van der Waals surface area contributed by atoms with Crippen LogP contribution in [0.1, 0.15) is 40.9 Å². The second kappa shape index (κ2) is 8.19. The number of hydrogen-bond donors (Lipinski definition) is 1. The van der Waals surface area contributed by atoms with Crippen LogP contribution in [0.15, 0.2) is 61.1 Å². The lowest BCUT2D eigenvalue weighted by Gasteiger charge is -2.24. The summed E-state index contributed by atoms with van der Waals surface area (Å²) in [5.74, 6) is 0.544. The standard InChI is InChI=1S/C26H24N6O2/c1-26(2)13-19-11-21(30-25(33)20-15-29-32-10-4-9-28-24(20)32)22(12-23(19)34-26)31(3)16-18-7-5-17(14-27)6-8-18/h4-12,15H,13,16H2,1-3H3,(H,30,33). The zero-order valence-corrected chi connectivity index (χ0v) is 19.2. The molecule has 8 nitrogen and oxygen atoms in total. The monoisotopic (exact) mass is 452 g/mol. The molecule has 170 valence electrons. The van der Waals surface area contributed by atoms with Crippen LogP contribution in [0.5, 0.6) is 5.75 Å². The minimum atomic E-state index is -0.305. The Morgan fingerprint density at radius 2 is 2.09 bits per heavy atom. The Kier molecular flexibility index (Phi) is 5.17. The number of rotatable bonds is 5. The van der Waals surface area contributed by atoms with Crippen LogP contribution >= 0.6 is 0 Å².